The van der Waals surface area contributed by atoms with Gasteiger partial charge in [0.2, 0.25) is 0 Å². The molecule has 5 heteroatoms. The minimum Gasteiger partial charge on any atom is -0.368 e. The normalized spacial score (nSPS) is 12.2. The molecule has 2 nitrogen and oxygen atoms in total. The number of pyridine rings is 1. The molecule has 20 heavy (non-hydrogen) atoms. The van der Waals surface area contributed by atoms with E-state index in [-0.39, 0.29) is 11.7 Å². The molecule has 0 spiro atoms. The van der Waals surface area contributed by atoms with Gasteiger partial charge in [-0.05, 0) is 17.9 Å². The van der Waals surface area contributed by atoms with E-state index < -0.39 is 17.6 Å². The van der Waals surface area contributed by atoms with Crippen molar-refractivity contribution in [3.8, 4) is 0 Å². The van der Waals surface area contributed by atoms with Crippen molar-refractivity contribution in [1.29, 1.82) is 0 Å². The Bertz CT molecular complexity index is 573. The molecule has 0 fully saturated rings. The highest BCUT2D eigenvalue weighted by atomic mass is 19.2. The second-order valence-electron chi connectivity index (χ2n) is 4.62. The van der Waals surface area contributed by atoms with Gasteiger partial charge >= 0.3 is 0 Å². The third-order valence-electron chi connectivity index (χ3n) is 3.13. The van der Waals surface area contributed by atoms with Crippen LogP contribution in [0.4, 0.5) is 19.0 Å². The van der Waals surface area contributed by atoms with Gasteiger partial charge in [-0.1, -0.05) is 37.3 Å². The standard InChI is InChI=1S/C15H15F3N2/c1-10(11-5-3-2-4-6-11)7-8-19-15-13(17)9-12(16)14(18)20-15/h2-6,9-10H,7-8H2,1H3,(H,19,20). The molecule has 1 atom stereocenters. The summed E-state index contributed by atoms with van der Waals surface area (Å²) >= 11 is 0. The Balaban J connectivity index is 1.92. The van der Waals surface area contributed by atoms with Crippen molar-refractivity contribution >= 4 is 5.82 Å². The van der Waals surface area contributed by atoms with Crippen LogP contribution in [-0.4, -0.2) is 11.5 Å². The molecule has 0 aliphatic heterocycles. The molecule has 1 aromatic heterocycles. The van der Waals surface area contributed by atoms with E-state index in [0.29, 0.717) is 12.6 Å². The number of hydrogen-bond donors (Lipinski definition) is 1. The van der Waals surface area contributed by atoms with Gasteiger partial charge in [0.05, 0.1) is 0 Å². The maximum absolute atomic E-state index is 13.3. The van der Waals surface area contributed by atoms with Crippen LogP contribution >= 0.6 is 0 Å². The molecule has 1 unspecified atom stereocenters. The molecular weight excluding hydrogens is 265 g/mol. The summed E-state index contributed by atoms with van der Waals surface area (Å²) in [5.74, 6) is -3.46. The average Bonchev–Trinajstić information content (AvgIpc) is 2.45. The first-order valence-electron chi connectivity index (χ1n) is 6.38. The summed E-state index contributed by atoms with van der Waals surface area (Å²) in [6.07, 6.45) is 0.726. The minimum atomic E-state index is -1.30. The van der Waals surface area contributed by atoms with E-state index in [0.717, 1.165) is 6.42 Å². The lowest BCUT2D eigenvalue weighted by Crippen LogP contribution is -2.10. The molecule has 0 amide bonds. The zero-order valence-corrected chi connectivity index (χ0v) is 11.0. The zero-order valence-electron chi connectivity index (χ0n) is 11.0. The van der Waals surface area contributed by atoms with Crippen LogP contribution in [0, 0.1) is 17.6 Å². The predicted octanol–water partition coefficient (Wildman–Crippen LogP) is 4.10. The number of nitrogens with zero attached hydrogens (tertiary/aromatic N) is 1. The molecule has 1 aromatic carbocycles. The van der Waals surface area contributed by atoms with Crippen molar-refractivity contribution < 1.29 is 13.2 Å². The van der Waals surface area contributed by atoms with E-state index in [9.17, 15) is 13.2 Å². The Morgan fingerprint density at radius 2 is 1.80 bits per heavy atom. The third-order valence-corrected chi connectivity index (χ3v) is 3.13. The number of hydrogen-bond acceptors (Lipinski definition) is 2. The van der Waals surface area contributed by atoms with Gasteiger partial charge in [-0.2, -0.15) is 9.37 Å². The van der Waals surface area contributed by atoms with Crippen molar-refractivity contribution in [2.75, 3.05) is 11.9 Å². The van der Waals surface area contributed by atoms with Gasteiger partial charge in [0.25, 0.3) is 5.95 Å². The first kappa shape index (κ1) is 14.4. The number of rotatable bonds is 5. The van der Waals surface area contributed by atoms with Crippen molar-refractivity contribution in [1.82, 2.24) is 4.98 Å². The molecule has 0 aliphatic rings. The van der Waals surface area contributed by atoms with Crippen LogP contribution in [0.2, 0.25) is 0 Å². The highest BCUT2D eigenvalue weighted by Crippen LogP contribution is 2.19. The fourth-order valence-electron chi connectivity index (χ4n) is 1.92. The quantitative estimate of drug-likeness (QED) is 0.834. The average molecular weight is 280 g/mol. The summed E-state index contributed by atoms with van der Waals surface area (Å²) in [6, 6.07) is 10.4. The van der Waals surface area contributed by atoms with Crippen LogP contribution in [0.1, 0.15) is 24.8 Å². The summed E-state index contributed by atoms with van der Waals surface area (Å²) in [5, 5.41) is 2.69. The van der Waals surface area contributed by atoms with Crippen LogP contribution in [0.3, 0.4) is 0 Å². The SMILES string of the molecule is CC(CCNc1nc(F)c(F)cc1F)c1ccccc1. The molecule has 0 radical (unpaired) electrons. The second-order valence-corrected chi connectivity index (χ2v) is 4.62. The first-order valence-corrected chi connectivity index (χ1v) is 6.38. The van der Waals surface area contributed by atoms with Crippen molar-refractivity contribution in [2.45, 2.75) is 19.3 Å². The Morgan fingerprint density at radius 1 is 1.10 bits per heavy atom. The Hall–Kier alpha value is -2.04. The monoisotopic (exact) mass is 280 g/mol. The third kappa shape index (κ3) is 3.50. The number of halogens is 3. The van der Waals surface area contributed by atoms with Gasteiger partial charge in [-0.25, -0.2) is 8.78 Å². The molecule has 1 heterocycles. The Kier molecular flexibility index (Phi) is 4.61. The fraction of sp³-hybridized carbons (Fsp3) is 0.267. The van der Waals surface area contributed by atoms with Crippen LogP contribution in [0.15, 0.2) is 36.4 Å². The van der Waals surface area contributed by atoms with E-state index in [4.69, 9.17) is 0 Å². The summed E-state index contributed by atoms with van der Waals surface area (Å²) in [7, 11) is 0. The summed E-state index contributed by atoms with van der Waals surface area (Å²) in [4.78, 5) is 3.21. The predicted molar refractivity (Wildman–Crippen MR) is 72.1 cm³/mol. The van der Waals surface area contributed by atoms with Gasteiger partial charge in [0.15, 0.2) is 17.5 Å². The van der Waals surface area contributed by atoms with E-state index in [2.05, 4.69) is 10.3 Å². The molecule has 0 aliphatic carbocycles. The number of nitrogens with one attached hydrogen (secondary N) is 1. The van der Waals surface area contributed by atoms with E-state index in [1.54, 1.807) is 0 Å². The van der Waals surface area contributed by atoms with Crippen LogP contribution < -0.4 is 5.32 Å². The van der Waals surface area contributed by atoms with Gasteiger partial charge in [-0.15, -0.1) is 0 Å². The maximum atomic E-state index is 13.3. The van der Waals surface area contributed by atoms with Gasteiger partial charge < -0.3 is 5.32 Å². The highest BCUT2D eigenvalue weighted by molar-refractivity contribution is 5.36. The molecule has 0 saturated heterocycles. The number of benzene rings is 1. The second kappa shape index (κ2) is 6.41. The largest absolute Gasteiger partial charge is 0.368 e. The summed E-state index contributed by atoms with van der Waals surface area (Å²) in [5.41, 5.74) is 1.17. The Labute approximate surface area is 115 Å². The lowest BCUT2D eigenvalue weighted by Gasteiger charge is -2.13. The molecule has 2 aromatic rings. The molecular formula is C15H15F3N2. The number of aromatic nitrogens is 1. The lowest BCUT2D eigenvalue weighted by molar-refractivity contribution is 0.466. The zero-order chi connectivity index (χ0) is 14.5. The molecule has 0 saturated carbocycles. The van der Waals surface area contributed by atoms with Gasteiger partial charge in [0.1, 0.15) is 0 Å². The summed E-state index contributed by atoms with van der Waals surface area (Å²) < 4.78 is 39.0. The minimum absolute atomic E-state index is 0.260. The van der Waals surface area contributed by atoms with Crippen molar-refractivity contribution in [2.24, 2.45) is 0 Å². The van der Waals surface area contributed by atoms with Crippen LogP contribution in [0.25, 0.3) is 0 Å². The topological polar surface area (TPSA) is 24.9 Å². The molecule has 1 N–H and O–H groups in total. The smallest absolute Gasteiger partial charge is 0.251 e. The van der Waals surface area contributed by atoms with Crippen LogP contribution in [0.5, 0.6) is 0 Å². The fourth-order valence-corrected chi connectivity index (χ4v) is 1.92. The number of anilines is 1. The molecule has 0 bridgehead atoms. The van der Waals surface area contributed by atoms with Gasteiger partial charge in [0, 0.05) is 12.6 Å². The maximum Gasteiger partial charge on any atom is 0.251 e. The van der Waals surface area contributed by atoms with E-state index in [1.165, 1.54) is 5.56 Å². The van der Waals surface area contributed by atoms with Gasteiger partial charge in [-0.3, -0.25) is 0 Å². The Morgan fingerprint density at radius 3 is 2.50 bits per heavy atom. The van der Waals surface area contributed by atoms with E-state index >= 15 is 0 Å². The van der Waals surface area contributed by atoms with Crippen molar-refractivity contribution in [3.63, 3.8) is 0 Å². The highest BCUT2D eigenvalue weighted by Gasteiger charge is 2.11. The van der Waals surface area contributed by atoms with Crippen molar-refractivity contribution in [3.05, 3.63) is 59.5 Å². The lowest BCUT2D eigenvalue weighted by atomic mass is 9.98. The first-order chi connectivity index (χ1) is 9.58. The molecule has 2 rings (SSSR count). The van der Waals surface area contributed by atoms with E-state index in [1.807, 2.05) is 37.3 Å². The van der Waals surface area contributed by atoms with Crippen LogP contribution in [-0.2, 0) is 0 Å². The molecule has 106 valence electrons. The summed E-state index contributed by atoms with van der Waals surface area (Å²) in [6.45, 7) is 2.47.